The van der Waals surface area contributed by atoms with Crippen LogP contribution in [0.25, 0.3) is 23.4 Å². The molecule has 3 aromatic carbocycles. The molecule has 0 fully saturated rings. The lowest BCUT2D eigenvalue weighted by molar-refractivity contribution is 0.0600. The Labute approximate surface area is 230 Å². The standard InChI is InChI=1S/C29H24Cl3NO4/c1-17(2)28-22(27(33-37-28)26-23(30)8-5-9-24(26)31)16-36-21-13-12-19(25(32)15-21)11-10-18-6-4-7-20(14-18)29(34)35-3/h4-15,17H,16H2,1-3H3. The van der Waals surface area contributed by atoms with Gasteiger partial charge in [-0.2, -0.15) is 0 Å². The summed E-state index contributed by atoms with van der Waals surface area (Å²) < 4.78 is 16.5. The molecule has 0 aliphatic carbocycles. The third kappa shape index (κ3) is 6.19. The smallest absolute Gasteiger partial charge is 0.337 e. The van der Waals surface area contributed by atoms with E-state index in [1.807, 2.05) is 44.2 Å². The molecule has 190 valence electrons. The molecule has 0 amide bonds. The predicted octanol–water partition coefficient (Wildman–Crippen LogP) is 8.96. The van der Waals surface area contributed by atoms with Gasteiger partial charge in [0.25, 0.3) is 0 Å². The second-order valence-electron chi connectivity index (χ2n) is 8.55. The Kier molecular flexibility index (Phi) is 8.59. The van der Waals surface area contributed by atoms with Crippen molar-refractivity contribution in [1.29, 1.82) is 0 Å². The number of aromatic nitrogens is 1. The molecule has 4 aromatic rings. The molecule has 0 aliphatic heterocycles. The zero-order chi connectivity index (χ0) is 26.5. The fraction of sp³-hybridized carbons (Fsp3) is 0.172. The summed E-state index contributed by atoms with van der Waals surface area (Å²) in [5.74, 6) is 0.978. The Hall–Kier alpha value is -3.25. The molecule has 0 atom stereocenters. The summed E-state index contributed by atoms with van der Waals surface area (Å²) in [5.41, 5.74) is 4.06. The normalized spacial score (nSPS) is 11.3. The van der Waals surface area contributed by atoms with Crippen LogP contribution in [0.5, 0.6) is 5.75 Å². The second kappa shape index (κ2) is 11.9. The van der Waals surface area contributed by atoms with Gasteiger partial charge in [0.15, 0.2) is 0 Å². The number of benzene rings is 3. The van der Waals surface area contributed by atoms with Gasteiger partial charge in [-0.15, -0.1) is 0 Å². The quantitative estimate of drug-likeness (QED) is 0.160. The highest BCUT2D eigenvalue weighted by molar-refractivity contribution is 6.39. The molecule has 1 aromatic heterocycles. The second-order valence-corrected chi connectivity index (χ2v) is 9.77. The van der Waals surface area contributed by atoms with Gasteiger partial charge in [-0.25, -0.2) is 4.79 Å². The predicted molar refractivity (Wildman–Crippen MR) is 149 cm³/mol. The van der Waals surface area contributed by atoms with Gasteiger partial charge in [-0.05, 0) is 53.6 Å². The van der Waals surface area contributed by atoms with Crippen molar-refractivity contribution in [2.45, 2.75) is 26.4 Å². The maximum Gasteiger partial charge on any atom is 0.337 e. The zero-order valence-corrected chi connectivity index (χ0v) is 22.7. The van der Waals surface area contributed by atoms with Gasteiger partial charge in [0.05, 0.1) is 33.3 Å². The molecule has 0 N–H and O–H groups in total. The molecule has 0 saturated heterocycles. The Morgan fingerprint density at radius 1 is 0.973 bits per heavy atom. The van der Waals surface area contributed by atoms with E-state index in [2.05, 4.69) is 5.16 Å². The van der Waals surface area contributed by atoms with Gasteiger partial charge in [0, 0.05) is 11.5 Å². The summed E-state index contributed by atoms with van der Waals surface area (Å²) in [6.07, 6.45) is 3.75. The van der Waals surface area contributed by atoms with E-state index in [1.54, 1.807) is 42.5 Å². The van der Waals surface area contributed by atoms with E-state index in [-0.39, 0.29) is 18.5 Å². The molecule has 0 spiro atoms. The third-order valence-electron chi connectivity index (χ3n) is 5.66. The minimum atomic E-state index is -0.386. The van der Waals surface area contributed by atoms with Crippen molar-refractivity contribution in [3.8, 4) is 17.0 Å². The van der Waals surface area contributed by atoms with E-state index >= 15 is 0 Å². The van der Waals surface area contributed by atoms with Crippen LogP contribution in [0.3, 0.4) is 0 Å². The number of halogens is 3. The van der Waals surface area contributed by atoms with E-state index in [0.717, 1.165) is 16.7 Å². The maximum atomic E-state index is 11.8. The van der Waals surface area contributed by atoms with Crippen molar-refractivity contribution in [1.82, 2.24) is 5.16 Å². The topological polar surface area (TPSA) is 61.6 Å². The van der Waals surface area contributed by atoms with Gasteiger partial charge in [0.2, 0.25) is 0 Å². The van der Waals surface area contributed by atoms with E-state index in [0.29, 0.717) is 43.4 Å². The Balaban J connectivity index is 1.54. The SMILES string of the molecule is COC(=O)c1cccc(C=Cc2ccc(OCc3c(-c4c(Cl)cccc4Cl)noc3C(C)C)cc2Cl)c1. The molecule has 0 radical (unpaired) electrons. The number of methoxy groups -OCH3 is 1. The van der Waals surface area contributed by atoms with Gasteiger partial charge < -0.3 is 14.0 Å². The Bertz CT molecular complexity index is 1440. The molecule has 0 aliphatic rings. The molecular formula is C29H24Cl3NO4. The highest BCUT2D eigenvalue weighted by atomic mass is 35.5. The number of hydrogen-bond donors (Lipinski definition) is 0. The van der Waals surface area contributed by atoms with Crippen molar-refractivity contribution in [2.75, 3.05) is 7.11 Å². The van der Waals surface area contributed by atoms with Crippen LogP contribution in [0.15, 0.2) is 65.2 Å². The molecule has 5 nitrogen and oxygen atoms in total. The van der Waals surface area contributed by atoms with Gasteiger partial charge in [-0.1, -0.05) is 84.2 Å². The minimum Gasteiger partial charge on any atom is -0.489 e. The van der Waals surface area contributed by atoms with Gasteiger partial charge in [-0.3, -0.25) is 0 Å². The largest absolute Gasteiger partial charge is 0.489 e. The van der Waals surface area contributed by atoms with Crippen LogP contribution in [0.1, 0.15) is 52.6 Å². The minimum absolute atomic E-state index is 0.0786. The highest BCUT2D eigenvalue weighted by Crippen LogP contribution is 2.39. The fourth-order valence-corrected chi connectivity index (χ4v) is 4.61. The number of rotatable bonds is 8. The Morgan fingerprint density at radius 2 is 1.70 bits per heavy atom. The average molecular weight is 557 g/mol. The van der Waals surface area contributed by atoms with Crippen LogP contribution in [0, 0.1) is 0 Å². The van der Waals surface area contributed by atoms with E-state index in [9.17, 15) is 4.79 Å². The van der Waals surface area contributed by atoms with Crippen LogP contribution in [-0.4, -0.2) is 18.2 Å². The summed E-state index contributed by atoms with van der Waals surface area (Å²) >= 11 is 19.4. The molecule has 0 bridgehead atoms. The summed E-state index contributed by atoms with van der Waals surface area (Å²) in [5, 5.41) is 5.74. The monoisotopic (exact) mass is 555 g/mol. The number of esters is 1. The molecule has 0 saturated carbocycles. The number of nitrogens with zero attached hydrogens (tertiary/aromatic N) is 1. The van der Waals surface area contributed by atoms with Crippen LogP contribution < -0.4 is 4.74 Å². The maximum absolute atomic E-state index is 11.8. The van der Waals surface area contributed by atoms with E-state index in [4.69, 9.17) is 48.8 Å². The highest BCUT2D eigenvalue weighted by Gasteiger charge is 2.23. The number of carbonyl (C=O) groups is 1. The first-order chi connectivity index (χ1) is 17.8. The first-order valence-electron chi connectivity index (χ1n) is 11.5. The fourth-order valence-electron chi connectivity index (χ4n) is 3.80. The van der Waals surface area contributed by atoms with Crippen molar-refractivity contribution in [3.63, 3.8) is 0 Å². The molecule has 0 unspecified atom stereocenters. The van der Waals surface area contributed by atoms with Crippen LogP contribution in [0.2, 0.25) is 15.1 Å². The first-order valence-corrected chi connectivity index (χ1v) is 12.6. The molecular weight excluding hydrogens is 533 g/mol. The lowest BCUT2D eigenvalue weighted by Gasteiger charge is -2.11. The average Bonchev–Trinajstić information content (AvgIpc) is 3.30. The van der Waals surface area contributed by atoms with Crippen molar-refractivity contribution in [3.05, 3.63) is 104 Å². The van der Waals surface area contributed by atoms with Crippen LogP contribution in [-0.2, 0) is 11.3 Å². The van der Waals surface area contributed by atoms with Crippen LogP contribution >= 0.6 is 34.8 Å². The first kappa shape index (κ1) is 26.8. The summed E-state index contributed by atoms with van der Waals surface area (Å²) in [6, 6.07) is 17.9. The van der Waals surface area contributed by atoms with Crippen molar-refractivity contribution >= 4 is 52.9 Å². The number of hydrogen-bond acceptors (Lipinski definition) is 5. The summed E-state index contributed by atoms with van der Waals surface area (Å²) in [6.45, 7) is 4.22. The van der Waals surface area contributed by atoms with Crippen molar-refractivity contribution < 1.29 is 18.8 Å². The lowest BCUT2D eigenvalue weighted by atomic mass is 10.0. The van der Waals surface area contributed by atoms with Gasteiger partial charge in [0.1, 0.15) is 23.8 Å². The summed E-state index contributed by atoms with van der Waals surface area (Å²) in [4.78, 5) is 11.8. The van der Waals surface area contributed by atoms with Gasteiger partial charge >= 0.3 is 5.97 Å². The van der Waals surface area contributed by atoms with Crippen LogP contribution in [0.4, 0.5) is 0 Å². The lowest BCUT2D eigenvalue weighted by Crippen LogP contribution is -2.01. The summed E-state index contributed by atoms with van der Waals surface area (Å²) in [7, 11) is 1.35. The molecule has 1 heterocycles. The van der Waals surface area contributed by atoms with Crippen molar-refractivity contribution in [2.24, 2.45) is 0 Å². The third-order valence-corrected chi connectivity index (χ3v) is 6.62. The molecule has 8 heteroatoms. The number of carbonyl (C=O) groups excluding carboxylic acids is 1. The molecule has 4 rings (SSSR count). The Morgan fingerprint density at radius 3 is 2.38 bits per heavy atom. The zero-order valence-electron chi connectivity index (χ0n) is 20.4. The van der Waals surface area contributed by atoms with E-state index < -0.39 is 0 Å². The number of ether oxygens (including phenoxy) is 2. The molecule has 37 heavy (non-hydrogen) atoms. The van der Waals surface area contributed by atoms with E-state index in [1.165, 1.54) is 7.11 Å².